The fourth-order valence-electron chi connectivity index (χ4n) is 1.09. The Morgan fingerprint density at radius 2 is 2.00 bits per heavy atom. The summed E-state index contributed by atoms with van der Waals surface area (Å²) in [6.45, 7) is 7.91. The first-order chi connectivity index (χ1) is 5.92. The molecule has 0 amide bonds. The molecule has 0 aromatic carbocycles. The van der Waals surface area contributed by atoms with Gasteiger partial charge in [-0.1, -0.05) is 11.3 Å². The van der Waals surface area contributed by atoms with Crippen LogP contribution in [0.3, 0.4) is 0 Å². The highest BCUT2D eigenvalue weighted by Gasteiger charge is 2.27. The standard InChI is InChI=1S/C8H13ClN2OS/c1-5(2)12-8(3,4)6-10-11-7(9)13-6/h5H,1-4H3. The minimum absolute atomic E-state index is 0.165. The van der Waals surface area contributed by atoms with E-state index >= 15 is 0 Å². The van der Waals surface area contributed by atoms with Crippen LogP contribution in [0.25, 0.3) is 0 Å². The van der Waals surface area contributed by atoms with E-state index in [1.807, 2.05) is 27.7 Å². The zero-order chi connectivity index (χ0) is 10.1. The van der Waals surface area contributed by atoms with Gasteiger partial charge in [-0.25, -0.2) is 0 Å². The van der Waals surface area contributed by atoms with E-state index in [1.54, 1.807) is 0 Å². The van der Waals surface area contributed by atoms with Gasteiger partial charge in [0.25, 0.3) is 0 Å². The molecule has 0 atom stereocenters. The van der Waals surface area contributed by atoms with Crippen molar-refractivity contribution >= 4 is 22.9 Å². The summed E-state index contributed by atoms with van der Waals surface area (Å²) in [6.07, 6.45) is 0.165. The van der Waals surface area contributed by atoms with E-state index in [4.69, 9.17) is 16.3 Å². The van der Waals surface area contributed by atoms with Crippen molar-refractivity contribution in [1.82, 2.24) is 10.2 Å². The molecular formula is C8H13ClN2OS. The first-order valence-electron chi connectivity index (χ1n) is 4.09. The van der Waals surface area contributed by atoms with Crippen molar-refractivity contribution in [2.24, 2.45) is 0 Å². The first-order valence-corrected chi connectivity index (χ1v) is 5.28. The summed E-state index contributed by atoms with van der Waals surface area (Å²) in [7, 11) is 0. The number of ether oxygens (including phenoxy) is 1. The summed E-state index contributed by atoms with van der Waals surface area (Å²) in [4.78, 5) is 0. The van der Waals surface area contributed by atoms with Gasteiger partial charge in [0.15, 0.2) is 0 Å². The predicted octanol–water partition coefficient (Wildman–Crippen LogP) is 2.85. The van der Waals surface area contributed by atoms with Crippen molar-refractivity contribution in [2.75, 3.05) is 0 Å². The van der Waals surface area contributed by atoms with E-state index < -0.39 is 5.60 Å². The van der Waals surface area contributed by atoms with Gasteiger partial charge in [-0.15, -0.1) is 10.2 Å². The van der Waals surface area contributed by atoms with Crippen LogP contribution in [0.4, 0.5) is 0 Å². The number of aromatic nitrogens is 2. The maximum Gasteiger partial charge on any atom is 0.207 e. The van der Waals surface area contributed by atoms with E-state index in [9.17, 15) is 0 Å². The molecule has 0 radical (unpaired) electrons. The molecule has 0 spiro atoms. The smallest absolute Gasteiger partial charge is 0.207 e. The maximum atomic E-state index is 5.69. The number of hydrogen-bond donors (Lipinski definition) is 0. The van der Waals surface area contributed by atoms with Gasteiger partial charge in [0.05, 0.1) is 6.10 Å². The van der Waals surface area contributed by atoms with Gasteiger partial charge in [0.1, 0.15) is 10.6 Å². The molecule has 0 aliphatic heterocycles. The lowest BCUT2D eigenvalue weighted by atomic mass is 10.1. The Morgan fingerprint density at radius 3 is 2.38 bits per heavy atom. The Hall–Kier alpha value is -0.190. The molecule has 0 N–H and O–H groups in total. The van der Waals surface area contributed by atoms with E-state index in [-0.39, 0.29) is 6.10 Å². The molecule has 3 nitrogen and oxygen atoms in total. The van der Waals surface area contributed by atoms with Crippen molar-refractivity contribution in [3.63, 3.8) is 0 Å². The van der Waals surface area contributed by atoms with Crippen LogP contribution in [0.1, 0.15) is 32.7 Å². The molecule has 13 heavy (non-hydrogen) atoms. The molecule has 1 rings (SSSR count). The van der Waals surface area contributed by atoms with Crippen LogP contribution >= 0.6 is 22.9 Å². The molecule has 1 aromatic rings. The van der Waals surface area contributed by atoms with E-state index in [0.717, 1.165) is 5.01 Å². The Balaban J connectivity index is 2.80. The average molecular weight is 221 g/mol. The van der Waals surface area contributed by atoms with Gasteiger partial charge in [0, 0.05) is 0 Å². The van der Waals surface area contributed by atoms with Crippen molar-refractivity contribution in [3.8, 4) is 0 Å². The molecule has 1 heterocycles. The Bertz CT molecular complexity index is 285. The second-order valence-electron chi connectivity index (χ2n) is 3.54. The van der Waals surface area contributed by atoms with Crippen molar-refractivity contribution < 1.29 is 4.74 Å². The van der Waals surface area contributed by atoms with Crippen LogP contribution in [0, 0.1) is 0 Å². The molecule has 74 valence electrons. The number of rotatable bonds is 3. The first kappa shape index (κ1) is 10.9. The molecule has 1 aromatic heterocycles. The molecule has 5 heteroatoms. The van der Waals surface area contributed by atoms with Gasteiger partial charge < -0.3 is 4.74 Å². The molecule has 0 bridgehead atoms. The monoisotopic (exact) mass is 220 g/mol. The van der Waals surface area contributed by atoms with Gasteiger partial charge in [-0.05, 0) is 39.3 Å². The second-order valence-corrected chi connectivity index (χ2v) is 5.10. The van der Waals surface area contributed by atoms with Gasteiger partial charge >= 0.3 is 0 Å². The fourth-order valence-corrected chi connectivity index (χ4v) is 1.96. The van der Waals surface area contributed by atoms with Crippen LogP contribution in [0.15, 0.2) is 0 Å². The maximum absolute atomic E-state index is 5.69. The molecule has 0 aliphatic rings. The molecule has 0 unspecified atom stereocenters. The van der Waals surface area contributed by atoms with Crippen molar-refractivity contribution in [3.05, 3.63) is 9.47 Å². The van der Waals surface area contributed by atoms with Gasteiger partial charge in [0.2, 0.25) is 4.47 Å². The minimum atomic E-state index is -0.404. The third-order valence-electron chi connectivity index (χ3n) is 1.45. The second kappa shape index (κ2) is 3.90. The number of nitrogens with zero attached hydrogens (tertiary/aromatic N) is 2. The van der Waals surface area contributed by atoms with E-state index in [2.05, 4.69) is 10.2 Å². The molecule has 0 saturated carbocycles. The van der Waals surface area contributed by atoms with E-state index in [0.29, 0.717) is 4.47 Å². The fraction of sp³-hybridized carbons (Fsp3) is 0.750. The normalized spacial score (nSPS) is 12.5. The Kier molecular flexibility index (Phi) is 3.27. The average Bonchev–Trinajstić information content (AvgIpc) is 2.32. The predicted molar refractivity (Wildman–Crippen MR) is 54.2 cm³/mol. The van der Waals surface area contributed by atoms with Crippen LogP contribution in [-0.4, -0.2) is 16.3 Å². The summed E-state index contributed by atoms with van der Waals surface area (Å²) in [5, 5.41) is 8.51. The SMILES string of the molecule is CC(C)OC(C)(C)c1nnc(Cl)s1. The zero-order valence-corrected chi connectivity index (χ0v) is 9.74. The molecule has 0 saturated heterocycles. The third kappa shape index (κ3) is 2.90. The highest BCUT2D eigenvalue weighted by Crippen LogP contribution is 2.30. The van der Waals surface area contributed by atoms with E-state index in [1.165, 1.54) is 11.3 Å². The highest BCUT2D eigenvalue weighted by atomic mass is 35.5. The molecule has 0 fully saturated rings. The van der Waals surface area contributed by atoms with Crippen LogP contribution in [0.5, 0.6) is 0 Å². The summed E-state index contributed by atoms with van der Waals surface area (Å²) in [6, 6.07) is 0. The lowest BCUT2D eigenvalue weighted by Crippen LogP contribution is -2.25. The topological polar surface area (TPSA) is 35.0 Å². The molecular weight excluding hydrogens is 208 g/mol. The third-order valence-corrected chi connectivity index (χ3v) is 2.77. The minimum Gasteiger partial charge on any atom is -0.366 e. The quantitative estimate of drug-likeness (QED) is 0.786. The molecule has 0 aliphatic carbocycles. The Labute approximate surface area is 87.1 Å². The highest BCUT2D eigenvalue weighted by molar-refractivity contribution is 7.15. The summed E-state index contributed by atoms with van der Waals surface area (Å²) < 4.78 is 6.14. The van der Waals surface area contributed by atoms with Gasteiger partial charge in [-0.2, -0.15) is 0 Å². The van der Waals surface area contributed by atoms with Crippen LogP contribution in [-0.2, 0) is 10.3 Å². The number of hydrogen-bond acceptors (Lipinski definition) is 4. The Morgan fingerprint density at radius 1 is 1.38 bits per heavy atom. The largest absolute Gasteiger partial charge is 0.366 e. The van der Waals surface area contributed by atoms with Gasteiger partial charge in [-0.3, -0.25) is 0 Å². The lowest BCUT2D eigenvalue weighted by Gasteiger charge is -2.24. The summed E-state index contributed by atoms with van der Waals surface area (Å²) >= 11 is 7.05. The van der Waals surface area contributed by atoms with Crippen molar-refractivity contribution in [1.29, 1.82) is 0 Å². The van der Waals surface area contributed by atoms with Crippen LogP contribution in [0.2, 0.25) is 4.47 Å². The van der Waals surface area contributed by atoms with Crippen molar-refractivity contribution in [2.45, 2.75) is 39.4 Å². The lowest BCUT2D eigenvalue weighted by molar-refractivity contribution is -0.0604. The summed E-state index contributed by atoms with van der Waals surface area (Å²) in [5.74, 6) is 0. The van der Waals surface area contributed by atoms with Crippen LogP contribution < -0.4 is 0 Å². The summed E-state index contributed by atoms with van der Waals surface area (Å²) in [5.41, 5.74) is -0.404. The zero-order valence-electron chi connectivity index (χ0n) is 8.17. The number of halogens is 1.